The van der Waals surface area contributed by atoms with Crippen molar-refractivity contribution in [3.05, 3.63) is 29.8 Å². The largest absolute Gasteiger partial charge is 0.316 e. The Morgan fingerprint density at radius 3 is 2.56 bits per heavy atom. The second-order valence-electron chi connectivity index (χ2n) is 5.91. The van der Waals surface area contributed by atoms with Gasteiger partial charge < -0.3 is 10.2 Å². The summed E-state index contributed by atoms with van der Waals surface area (Å²) >= 11 is 0. The van der Waals surface area contributed by atoms with Crippen molar-refractivity contribution in [3.8, 4) is 0 Å². The maximum atomic E-state index is 12.2. The molecular formula is C15H22N2O. The van der Waals surface area contributed by atoms with E-state index < -0.39 is 0 Å². The Hall–Kier alpha value is -1.35. The van der Waals surface area contributed by atoms with Crippen LogP contribution in [0.5, 0.6) is 0 Å². The Balaban J connectivity index is 2.26. The summed E-state index contributed by atoms with van der Waals surface area (Å²) in [5, 5.41) is 3.34. The molecule has 0 atom stereocenters. The van der Waals surface area contributed by atoms with Crippen LogP contribution in [0, 0.1) is 12.3 Å². The van der Waals surface area contributed by atoms with Gasteiger partial charge in [-0.25, -0.2) is 0 Å². The van der Waals surface area contributed by atoms with E-state index in [4.69, 9.17) is 0 Å². The zero-order chi connectivity index (χ0) is 13.2. The molecule has 1 aromatic rings. The molecule has 1 heterocycles. The molecule has 0 bridgehead atoms. The van der Waals surface area contributed by atoms with E-state index in [0.717, 1.165) is 25.3 Å². The number of amides is 1. The molecule has 1 aliphatic heterocycles. The Morgan fingerprint density at radius 1 is 1.22 bits per heavy atom. The molecule has 0 aromatic heterocycles. The van der Waals surface area contributed by atoms with Gasteiger partial charge in [0.25, 0.3) is 0 Å². The number of carbonyl (C=O) groups excluding carboxylic acids is 1. The third kappa shape index (κ3) is 3.10. The summed E-state index contributed by atoms with van der Waals surface area (Å²) in [7, 11) is 0. The van der Waals surface area contributed by atoms with E-state index in [1.165, 1.54) is 5.56 Å². The number of hydrogen-bond donors (Lipinski definition) is 1. The molecule has 3 heteroatoms. The van der Waals surface area contributed by atoms with Gasteiger partial charge in [0.05, 0.1) is 0 Å². The van der Waals surface area contributed by atoms with Gasteiger partial charge in [0, 0.05) is 31.7 Å². The van der Waals surface area contributed by atoms with Crippen molar-refractivity contribution in [2.24, 2.45) is 5.41 Å². The van der Waals surface area contributed by atoms with E-state index in [9.17, 15) is 4.79 Å². The van der Waals surface area contributed by atoms with E-state index >= 15 is 0 Å². The highest BCUT2D eigenvalue weighted by Gasteiger charge is 2.27. The summed E-state index contributed by atoms with van der Waals surface area (Å²) < 4.78 is 0. The van der Waals surface area contributed by atoms with Gasteiger partial charge in [-0.3, -0.25) is 4.79 Å². The van der Waals surface area contributed by atoms with Crippen LogP contribution >= 0.6 is 0 Å². The van der Waals surface area contributed by atoms with Crippen LogP contribution in [-0.2, 0) is 4.79 Å². The average molecular weight is 246 g/mol. The van der Waals surface area contributed by atoms with E-state index in [-0.39, 0.29) is 11.3 Å². The average Bonchev–Trinajstić information content (AvgIpc) is 2.31. The maximum Gasteiger partial charge on any atom is 0.228 e. The van der Waals surface area contributed by atoms with Crippen LogP contribution in [-0.4, -0.2) is 25.5 Å². The van der Waals surface area contributed by atoms with Crippen molar-refractivity contribution in [2.75, 3.05) is 24.5 Å². The predicted octanol–water partition coefficient (Wildman–Crippen LogP) is 2.35. The second-order valence-corrected chi connectivity index (χ2v) is 5.91. The van der Waals surface area contributed by atoms with Crippen LogP contribution in [0.4, 0.5) is 5.69 Å². The molecule has 0 unspecified atom stereocenters. The lowest BCUT2D eigenvalue weighted by molar-refractivity contribution is -0.119. The highest BCUT2D eigenvalue weighted by Crippen LogP contribution is 2.24. The molecule has 0 spiro atoms. The molecule has 98 valence electrons. The highest BCUT2D eigenvalue weighted by molar-refractivity contribution is 5.93. The first-order valence-electron chi connectivity index (χ1n) is 6.56. The molecule has 3 nitrogen and oxygen atoms in total. The van der Waals surface area contributed by atoms with Crippen LogP contribution in [0.15, 0.2) is 24.3 Å². The Labute approximate surface area is 109 Å². The number of carbonyl (C=O) groups is 1. The minimum atomic E-state index is 0.0982. The molecule has 1 aliphatic rings. The molecule has 0 saturated carbocycles. The van der Waals surface area contributed by atoms with Gasteiger partial charge in [-0.2, -0.15) is 0 Å². The minimum Gasteiger partial charge on any atom is -0.316 e. The number of benzene rings is 1. The summed E-state index contributed by atoms with van der Waals surface area (Å²) in [5.41, 5.74) is 2.33. The van der Waals surface area contributed by atoms with Crippen molar-refractivity contribution in [1.29, 1.82) is 0 Å². The molecular weight excluding hydrogens is 224 g/mol. The van der Waals surface area contributed by atoms with Gasteiger partial charge in [-0.1, -0.05) is 31.5 Å². The zero-order valence-electron chi connectivity index (χ0n) is 11.5. The molecule has 2 rings (SSSR count). The van der Waals surface area contributed by atoms with Gasteiger partial charge in [-0.05, 0) is 24.5 Å². The number of nitrogens with one attached hydrogen (secondary N) is 1. The van der Waals surface area contributed by atoms with Crippen LogP contribution in [0.1, 0.15) is 25.8 Å². The van der Waals surface area contributed by atoms with Gasteiger partial charge in [-0.15, -0.1) is 0 Å². The summed E-state index contributed by atoms with van der Waals surface area (Å²) in [6.07, 6.45) is 0.573. The number of anilines is 1. The molecule has 1 saturated heterocycles. The summed E-state index contributed by atoms with van der Waals surface area (Å²) in [6.45, 7) is 8.93. The number of aryl methyl sites for hydroxylation is 1. The maximum absolute atomic E-state index is 12.2. The normalized spacial score (nSPS) is 20.4. The van der Waals surface area contributed by atoms with Crippen LogP contribution < -0.4 is 10.2 Å². The fourth-order valence-electron chi connectivity index (χ4n) is 2.29. The van der Waals surface area contributed by atoms with Crippen molar-refractivity contribution in [1.82, 2.24) is 5.32 Å². The predicted molar refractivity (Wildman–Crippen MR) is 74.8 cm³/mol. The number of rotatable bonds is 1. The van der Waals surface area contributed by atoms with Crippen molar-refractivity contribution < 1.29 is 4.79 Å². The van der Waals surface area contributed by atoms with Crippen LogP contribution in [0.2, 0.25) is 0 Å². The fourth-order valence-corrected chi connectivity index (χ4v) is 2.29. The highest BCUT2D eigenvalue weighted by atomic mass is 16.2. The summed E-state index contributed by atoms with van der Waals surface area (Å²) in [5.74, 6) is 0.208. The SMILES string of the molecule is Cc1ccc(N2CC(C)(C)CNCCC2=O)cc1. The topological polar surface area (TPSA) is 32.3 Å². The molecule has 1 N–H and O–H groups in total. The number of nitrogens with zero attached hydrogens (tertiary/aromatic N) is 1. The molecule has 0 radical (unpaired) electrons. The third-order valence-electron chi connectivity index (χ3n) is 3.35. The lowest BCUT2D eigenvalue weighted by atomic mass is 9.91. The molecule has 1 aromatic carbocycles. The Morgan fingerprint density at radius 2 is 1.89 bits per heavy atom. The third-order valence-corrected chi connectivity index (χ3v) is 3.35. The first-order chi connectivity index (χ1) is 8.48. The quantitative estimate of drug-likeness (QED) is 0.825. The fraction of sp³-hybridized carbons (Fsp3) is 0.533. The monoisotopic (exact) mass is 246 g/mol. The zero-order valence-corrected chi connectivity index (χ0v) is 11.5. The lowest BCUT2D eigenvalue weighted by Crippen LogP contribution is -2.47. The van der Waals surface area contributed by atoms with Crippen LogP contribution in [0.25, 0.3) is 0 Å². The number of hydrogen-bond acceptors (Lipinski definition) is 2. The molecule has 0 aliphatic carbocycles. The van der Waals surface area contributed by atoms with Gasteiger partial charge in [0.1, 0.15) is 0 Å². The van der Waals surface area contributed by atoms with Gasteiger partial charge >= 0.3 is 0 Å². The second kappa shape index (κ2) is 5.11. The molecule has 1 amide bonds. The van der Waals surface area contributed by atoms with Gasteiger partial charge in [0.2, 0.25) is 5.91 Å². The smallest absolute Gasteiger partial charge is 0.228 e. The van der Waals surface area contributed by atoms with E-state index in [2.05, 4.69) is 38.2 Å². The van der Waals surface area contributed by atoms with Gasteiger partial charge in [0.15, 0.2) is 0 Å². The van der Waals surface area contributed by atoms with E-state index in [0.29, 0.717) is 6.42 Å². The summed E-state index contributed by atoms with van der Waals surface area (Å²) in [4.78, 5) is 14.2. The lowest BCUT2D eigenvalue weighted by Gasteiger charge is -2.35. The first-order valence-corrected chi connectivity index (χ1v) is 6.56. The summed E-state index contributed by atoms with van der Waals surface area (Å²) in [6, 6.07) is 8.20. The van der Waals surface area contributed by atoms with Crippen molar-refractivity contribution in [3.63, 3.8) is 0 Å². The minimum absolute atomic E-state index is 0.0982. The van der Waals surface area contributed by atoms with E-state index in [1.807, 2.05) is 17.0 Å². The Bertz CT molecular complexity index is 423. The molecule has 1 fully saturated rings. The first kappa shape index (κ1) is 13.1. The standard InChI is InChI=1S/C15H22N2O/c1-12-4-6-13(7-5-12)17-11-15(2,3)10-16-9-8-14(17)18/h4-7,16H,8-11H2,1-3H3. The van der Waals surface area contributed by atoms with Crippen molar-refractivity contribution >= 4 is 11.6 Å². The Kier molecular flexibility index (Phi) is 3.71. The molecule has 18 heavy (non-hydrogen) atoms. The van der Waals surface area contributed by atoms with E-state index in [1.54, 1.807) is 0 Å². The van der Waals surface area contributed by atoms with Crippen molar-refractivity contribution in [2.45, 2.75) is 27.2 Å². The van der Waals surface area contributed by atoms with Crippen LogP contribution in [0.3, 0.4) is 0 Å².